The minimum absolute atomic E-state index is 0.0595. The van der Waals surface area contributed by atoms with Gasteiger partial charge < -0.3 is 14.2 Å². The zero-order valence-electron chi connectivity index (χ0n) is 13.5. The molecule has 0 saturated carbocycles. The molecule has 3 atom stereocenters. The van der Waals surface area contributed by atoms with Crippen LogP contribution in [0.3, 0.4) is 0 Å². The lowest BCUT2D eigenvalue weighted by Crippen LogP contribution is -2.66. The fourth-order valence-corrected chi connectivity index (χ4v) is 4.34. The van der Waals surface area contributed by atoms with Crippen molar-refractivity contribution in [3.8, 4) is 0 Å². The number of hydrogen-bond acceptors (Lipinski definition) is 3. The number of carbonyl (C=O) groups excluding carboxylic acids is 1. The van der Waals surface area contributed by atoms with E-state index in [2.05, 4.69) is 51.9 Å². The summed E-state index contributed by atoms with van der Waals surface area (Å²) in [6.07, 6.45) is -0.231. The third-order valence-electron chi connectivity index (χ3n) is 3.78. The largest absolute Gasteiger partial charge is 0.414 e. The molecule has 0 radical (unpaired) electrons. The molecule has 0 unspecified atom stereocenters. The summed E-state index contributed by atoms with van der Waals surface area (Å²) in [7, 11) is -3.38. The van der Waals surface area contributed by atoms with Gasteiger partial charge in [0.25, 0.3) is 0 Å². The summed E-state index contributed by atoms with van der Waals surface area (Å²) >= 11 is 0. The fraction of sp³-hybridized carbons (Fsp3) is 0.923. The van der Waals surface area contributed by atoms with Crippen molar-refractivity contribution in [1.29, 1.82) is 0 Å². The van der Waals surface area contributed by atoms with Crippen molar-refractivity contribution in [1.82, 2.24) is 5.32 Å². The van der Waals surface area contributed by atoms with Crippen molar-refractivity contribution in [2.24, 2.45) is 5.92 Å². The first-order valence-corrected chi connectivity index (χ1v) is 13.5. The van der Waals surface area contributed by atoms with Crippen LogP contribution in [-0.2, 0) is 13.6 Å². The molecule has 1 rings (SSSR count). The molecule has 1 aliphatic rings. The van der Waals surface area contributed by atoms with E-state index in [1.54, 1.807) is 0 Å². The normalized spacial score (nSPS) is 26.1. The second-order valence-electron chi connectivity index (χ2n) is 7.27. The van der Waals surface area contributed by atoms with E-state index >= 15 is 0 Å². The molecule has 1 amide bonds. The molecule has 1 heterocycles. The minimum Gasteiger partial charge on any atom is -0.414 e. The van der Waals surface area contributed by atoms with E-state index < -0.39 is 16.6 Å². The van der Waals surface area contributed by atoms with Crippen LogP contribution in [0.4, 0.5) is 0 Å². The maximum absolute atomic E-state index is 11.8. The Morgan fingerprint density at radius 2 is 1.63 bits per heavy atom. The van der Waals surface area contributed by atoms with Crippen LogP contribution < -0.4 is 5.32 Å². The standard InChI is InChI=1S/C13H29NO3Si2/c1-9(2)19(7,8)16-10(3)11-12(15)14-13(11)17-18(4,5)6/h9-11,13H,1-8H3,(H,14,15)/t10-,11+,13-/m1/s1. The van der Waals surface area contributed by atoms with Crippen molar-refractivity contribution in [3.63, 3.8) is 0 Å². The van der Waals surface area contributed by atoms with Gasteiger partial charge in [0.15, 0.2) is 16.6 Å². The Kier molecular flexibility index (Phi) is 5.04. The Balaban J connectivity index is 2.65. The molecule has 0 aromatic heterocycles. The molecule has 1 N–H and O–H groups in total. The van der Waals surface area contributed by atoms with Gasteiger partial charge in [-0.15, -0.1) is 0 Å². The molecule has 19 heavy (non-hydrogen) atoms. The van der Waals surface area contributed by atoms with Crippen LogP contribution in [0.5, 0.6) is 0 Å². The first-order valence-electron chi connectivity index (χ1n) is 7.10. The summed E-state index contributed by atoms with van der Waals surface area (Å²) in [4.78, 5) is 11.8. The maximum Gasteiger partial charge on any atom is 0.232 e. The third-order valence-corrected chi connectivity index (χ3v) is 8.50. The predicted octanol–water partition coefficient (Wildman–Crippen LogP) is 2.93. The lowest BCUT2D eigenvalue weighted by Gasteiger charge is -2.44. The van der Waals surface area contributed by atoms with Crippen LogP contribution in [0.25, 0.3) is 0 Å². The van der Waals surface area contributed by atoms with Crippen LogP contribution >= 0.6 is 0 Å². The number of rotatable bonds is 6. The van der Waals surface area contributed by atoms with Crippen LogP contribution in [0, 0.1) is 5.92 Å². The van der Waals surface area contributed by atoms with Crippen LogP contribution in [0.1, 0.15) is 20.8 Å². The average Bonchev–Trinajstić information content (AvgIpc) is 2.12. The molecule has 6 heteroatoms. The van der Waals surface area contributed by atoms with Crippen LogP contribution in [-0.4, -0.2) is 34.9 Å². The first kappa shape index (κ1) is 16.9. The molecule has 1 saturated heterocycles. The van der Waals surface area contributed by atoms with E-state index in [1.165, 1.54) is 0 Å². The van der Waals surface area contributed by atoms with Gasteiger partial charge in [-0.1, -0.05) is 13.8 Å². The number of carbonyl (C=O) groups is 1. The summed E-state index contributed by atoms with van der Waals surface area (Å²) in [5.41, 5.74) is 0.537. The molecule has 1 aliphatic heterocycles. The van der Waals surface area contributed by atoms with E-state index in [1.807, 2.05) is 6.92 Å². The summed E-state index contributed by atoms with van der Waals surface area (Å²) < 4.78 is 12.2. The van der Waals surface area contributed by atoms with Crippen molar-refractivity contribution in [2.45, 2.75) is 71.4 Å². The molecule has 0 spiro atoms. The number of β-lactam (4-membered cyclic amide) rings is 1. The van der Waals surface area contributed by atoms with Crippen LogP contribution in [0.15, 0.2) is 0 Å². The summed E-state index contributed by atoms with van der Waals surface area (Å²) in [6, 6.07) is 0. The van der Waals surface area contributed by atoms with Crippen molar-refractivity contribution < 1.29 is 13.6 Å². The van der Waals surface area contributed by atoms with Gasteiger partial charge in [-0.3, -0.25) is 4.79 Å². The number of amides is 1. The highest BCUT2D eigenvalue weighted by molar-refractivity contribution is 6.72. The summed E-state index contributed by atoms with van der Waals surface area (Å²) in [5.74, 6) is -0.0958. The highest BCUT2D eigenvalue weighted by Crippen LogP contribution is 2.30. The van der Waals surface area contributed by atoms with Gasteiger partial charge in [0.05, 0.1) is 6.10 Å². The second-order valence-corrected chi connectivity index (χ2v) is 16.3. The Bertz CT molecular complexity index is 339. The predicted molar refractivity (Wildman–Crippen MR) is 83.0 cm³/mol. The zero-order valence-corrected chi connectivity index (χ0v) is 15.5. The maximum atomic E-state index is 11.8. The second kappa shape index (κ2) is 5.67. The number of hydrogen-bond donors (Lipinski definition) is 1. The molecule has 112 valence electrons. The van der Waals surface area contributed by atoms with E-state index in [-0.39, 0.29) is 24.2 Å². The zero-order chi connectivity index (χ0) is 15.0. The molecular weight excluding hydrogens is 274 g/mol. The van der Waals surface area contributed by atoms with Crippen LogP contribution in [0.2, 0.25) is 38.3 Å². The SMILES string of the molecule is CC(C)[Si](C)(C)O[C@H](C)[C@H]1C(=O)N[C@@H]1O[Si](C)(C)C. The Labute approximate surface area is 119 Å². The van der Waals surface area contributed by atoms with Gasteiger partial charge in [-0.2, -0.15) is 0 Å². The Hall–Kier alpha value is -0.176. The van der Waals surface area contributed by atoms with E-state index in [0.29, 0.717) is 5.54 Å². The van der Waals surface area contributed by atoms with Gasteiger partial charge >= 0.3 is 0 Å². The fourth-order valence-electron chi connectivity index (χ4n) is 2.00. The van der Waals surface area contributed by atoms with E-state index in [9.17, 15) is 4.79 Å². The van der Waals surface area contributed by atoms with Gasteiger partial charge in [-0.05, 0) is 45.2 Å². The van der Waals surface area contributed by atoms with Crippen molar-refractivity contribution in [3.05, 3.63) is 0 Å². The molecule has 4 nitrogen and oxygen atoms in total. The molecule has 1 fully saturated rings. The van der Waals surface area contributed by atoms with Gasteiger partial charge in [0.2, 0.25) is 5.91 Å². The van der Waals surface area contributed by atoms with Gasteiger partial charge in [0.1, 0.15) is 12.1 Å². The molecule has 0 aromatic carbocycles. The Morgan fingerprint density at radius 3 is 2.00 bits per heavy atom. The van der Waals surface area contributed by atoms with Gasteiger partial charge in [0, 0.05) is 0 Å². The van der Waals surface area contributed by atoms with Gasteiger partial charge in [-0.25, -0.2) is 0 Å². The van der Waals surface area contributed by atoms with Crippen molar-refractivity contribution in [2.75, 3.05) is 0 Å². The summed E-state index contributed by atoms with van der Waals surface area (Å²) in [5, 5.41) is 2.85. The molecule has 0 bridgehead atoms. The quantitative estimate of drug-likeness (QED) is 0.606. The van der Waals surface area contributed by atoms with Crippen molar-refractivity contribution >= 4 is 22.5 Å². The van der Waals surface area contributed by atoms with E-state index in [4.69, 9.17) is 8.85 Å². The lowest BCUT2D eigenvalue weighted by molar-refractivity contribution is -0.151. The number of nitrogens with one attached hydrogen (secondary N) is 1. The monoisotopic (exact) mass is 303 g/mol. The highest BCUT2D eigenvalue weighted by Gasteiger charge is 2.47. The first-order chi connectivity index (χ1) is 8.44. The lowest BCUT2D eigenvalue weighted by atomic mass is 9.94. The minimum atomic E-state index is -1.73. The average molecular weight is 304 g/mol. The molecular formula is C13H29NO3Si2. The summed E-state index contributed by atoms with van der Waals surface area (Å²) in [6.45, 7) is 17.2. The van der Waals surface area contributed by atoms with E-state index in [0.717, 1.165) is 0 Å². The molecule has 0 aromatic rings. The third kappa shape index (κ3) is 4.41. The smallest absolute Gasteiger partial charge is 0.232 e. The highest BCUT2D eigenvalue weighted by atomic mass is 28.4. The Morgan fingerprint density at radius 1 is 1.11 bits per heavy atom. The molecule has 0 aliphatic carbocycles. The topological polar surface area (TPSA) is 47.6 Å².